The molecule has 2 aromatic heterocycles. The van der Waals surface area contributed by atoms with Crippen molar-refractivity contribution in [1.82, 2.24) is 9.97 Å². The van der Waals surface area contributed by atoms with Crippen molar-refractivity contribution in [2.75, 3.05) is 4.72 Å². The molecule has 0 saturated heterocycles. The Morgan fingerprint density at radius 2 is 1.55 bits per heavy atom. The maximum atomic E-state index is 12.3. The van der Waals surface area contributed by atoms with E-state index in [0.29, 0.717) is 5.69 Å². The second-order valence-corrected chi connectivity index (χ2v) is 6.30. The number of nitrogens with zero attached hydrogens (tertiary/aromatic N) is 2. The quantitative estimate of drug-likeness (QED) is 0.804. The smallest absolute Gasteiger partial charge is 0.261 e. The van der Waals surface area contributed by atoms with Crippen LogP contribution < -0.4 is 4.72 Å². The van der Waals surface area contributed by atoms with E-state index in [1.165, 1.54) is 6.20 Å². The summed E-state index contributed by atoms with van der Waals surface area (Å²) >= 11 is 0. The summed E-state index contributed by atoms with van der Waals surface area (Å²) in [5.74, 6) is 0. The molecule has 0 radical (unpaired) electrons. The van der Waals surface area contributed by atoms with E-state index in [2.05, 4.69) is 14.7 Å². The van der Waals surface area contributed by atoms with E-state index in [4.69, 9.17) is 0 Å². The predicted molar refractivity (Wildman–Crippen MR) is 84.7 cm³/mol. The summed E-state index contributed by atoms with van der Waals surface area (Å²) in [6.45, 7) is 0. The van der Waals surface area contributed by atoms with Gasteiger partial charge in [0, 0.05) is 24.2 Å². The summed E-state index contributed by atoms with van der Waals surface area (Å²) in [7, 11) is -3.61. The summed E-state index contributed by atoms with van der Waals surface area (Å²) in [4.78, 5) is 8.26. The average Bonchev–Trinajstić information content (AvgIpc) is 2.56. The van der Waals surface area contributed by atoms with Gasteiger partial charge in [0.05, 0.1) is 16.8 Å². The van der Waals surface area contributed by atoms with Crippen LogP contribution in [0.1, 0.15) is 0 Å². The van der Waals surface area contributed by atoms with Crippen molar-refractivity contribution < 1.29 is 8.42 Å². The Labute approximate surface area is 128 Å². The zero-order valence-corrected chi connectivity index (χ0v) is 12.4. The lowest BCUT2D eigenvalue weighted by Crippen LogP contribution is -2.12. The maximum Gasteiger partial charge on any atom is 0.261 e. The van der Waals surface area contributed by atoms with Gasteiger partial charge >= 0.3 is 0 Å². The van der Waals surface area contributed by atoms with Gasteiger partial charge in [0.2, 0.25) is 0 Å². The molecule has 6 heteroatoms. The van der Waals surface area contributed by atoms with Crippen molar-refractivity contribution in [3.63, 3.8) is 0 Å². The molecule has 22 heavy (non-hydrogen) atoms. The van der Waals surface area contributed by atoms with E-state index in [-0.39, 0.29) is 4.90 Å². The SMILES string of the molecule is O=S(=O)(Nc1cncc(-c2ccncc2)c1)c1ccccc1. The molecule has 3 aromatic rings. The molecule has 0 spiro atoms. The lowest BCUT2D eigenvalue weighted by atomic mass is 10.1. The number of sulfonamides is 1. The van der Waals surface area contributed by atoms with Crippen LogP contribution in [0.15, 0.2) is 78.2 Å². The molecule has 0 bridgehead atoms. The molecule has 2 heterocycles. The van der Waals surface area contributed by atoms with Crippen LogP contribution >= 0.6 is 0 Å². The molecule has 1 aromatic carbocycles. The Morgan fingerprint density at radius 3 is 2.27 bits per heavy atom. The van der Waals surface area contributed by atoms with Crippen molar-refractivity contribution in [2.24, 2.45) is 0 Å². The van der Waals surface area contributed by atoms with E-state index in [9.17, 15) is 8.42 Å². The maximum absolute atomic E-state index is 12.3. The highest BCUT2D eigenvalue weighted by Gasteiger charge is 2.13. The number of nitrogens with one attached hydrogen (secondary N) is 1. The third kappa shape index (κ3) is 3.12. The fourth-order valence-corrected chi connectivity index (χ4v) is 3.07. The fraction of sp³-hybridized carbons (Fsp3) is 0. The summed E-state index contributed by atoms with van der Waals surface area (Å²) < 4.78 is 27.1. The number of hydrogen-bond donors (Lipinski definition) is 1. The Bertz CT molecular complexity index is 866. The first-order chi connectivity index (χ1) is 10.6. The van der Waals surface area contributed by atoms with Gasteiger partial charge in [-0.3, -0.25) is 14.7 Å². The number of hydrogen-bond acceptors (Lipinski definition) is 4. The summed E-state index contributed by atoms with van der Waals surface area (Å²) in [5, 5.41) is 0. The van der Waals surface area contributed by atoms with Crippen LogP contribution in [0, 0.1) is 0 Å². The number of anilines is 1. The zero-order valence-electron chi connectivity index (χ0n) is 11.5. The van der Waals surface area contributed by atoms with Crippen LogP contribution in [-0.4, -0.2) is 18.4 Å². The molecule has 0 aliphatic carbocycles. The van der Waals surface area contributed by atoms with Gasteiger partial charge in [-0.15, -0.1) is 0 Å². The largest absolute Gasteiger partial charge is 0.278 e. The first-order valence-electron chi connectivity index (χ1n) is 6.58. The Morgan fingerprint density at radius 1 is 0.818 bits per heavy atom. The number of rotatable bonds is 4. The van der Waals surface area contributed by atoms with E-state index in [0.717, 1.165) is 11.1 Å². The molecule has 0 amide bonds. The molecule has 0 saturated carbocycles. The molecule has 0 unspecified atom stereocenters. The van der Waals surface area contributed by atoms with E-state index in [1.54, 1.807) is 55.0 Å². The third-order valence-electron chi connectivity index (χ3n) is 3.06. The molecule has 1 N–H and O–H groups in total. The molecule has 0 aliphatic heterocycles. The Kier molecular flexibility index (Phi) is 3.84. The van der Waals surface area contributed by atoms with Crippen molar-refractivity contribution in [2.45, 2.75) is 4.90 Å². The minimum Gasteiger partial charge on any atom is -0.278 e. The van der Waals surface area contributed by atoms with Gasteiger partial charge in [0.1, 0.15) is 0 Å². The monoisotopic (exact) mass is 311 g/mol. The zero-order chi connectivity index (χ0) is 15.4. The predicted octanol–water partition coefficient (Wildman–Crippen LogP) is 2.94. The lowest BCUT2D eigenvalue weighted by molar-refractivity contribution is 0.601. The average molecular weight is 311 g/mol. The molecule has 0 atom stereocenters. The van der Waals surface area contributed by atoms with E-state index in [1.807, 2.05) is 12.1 Å². The van der Waals surface area contributed by atoms with Crippen LogP contribution in [0.5, 0.6) is 0 Å². The van der Waals surface area contributed by atoms with E-state index >= 15 is 0 Å². The number of benzene rings is 1. The first-order valence-corrected chi connectivity index (χ1v) is 8.07. The fourth-order valence-electron chi connectivity index (χ4n) is 2.01. The second kappa shape index (κ2) is 5.95. The summed E-state index contributed by atoms with van der Waals surface area (Å²) in [5.41, 5.74) is 2.15. The minimum atomic E-state index is -3.61. The van der Waals surface area contributed by atoms with Crippen LogP contribution in [-0.2, 0) is 10.0 Å². The van der Waals surface area contributed by atoms with Gasteiger partial charge < -0.3 is 0 Å². The molecule has 5 nitrogen and oxygen atoms in total. The van der Waals surface area contributed by atoms with Crippen LogP contribution in [0.2, 0.25) is 0 Å². The van der Waals surface area contributed by atoms with Crippen LogP contribution in [0.3, 0.4) is 0 Å². The van der Waals surface area contributed by atoms with Crippen molar-refractivity contribution >= 4 is 15.7 Å². The molecule has 3 rings (SSSR count). The van der Waals surface area contributed by atoms with Gasteiger partial charge in [-0.1, -0.05) is 18.2 Å². The highest BCUT2D eigenvalue weighted by molar-refractivity contribution is 7.92. The Balaban J connectivity index is 1.91. The molecular formula is C16H13N3O2S. The summed E-state index contributed by atoms with van der Waals surface area (Å²) in [6.07, 6.45) is 6.51. The van der Waals surface area contributed by atoms with Crippen LogP contribution in [0.4, 0.5) is 5.69 Å². The number of pyridine rings is 2. The molecule has 0 fully saturated rings. The normalized spacial score (nSPS) is 11.1. The minimum absolute atomic E-state index is 0.212. The Hall–Kier alpha value is -2.73. The number of aromatic nitrogens is 2. The lowest BCUT2D eigenvalue weighted by Gasteiger charge is -2.09. The van der Waals surface area contributed by atoms with Crippen molar-refractivity contribution in [1.29, 1.82) is 0 Å². The summed E-state index contributed by atoms with van der Waals surface area (Å²) in [6, 6.07) is 13.6. The molecule has 110 valence electrons. The van der Waals surface area contributed by atoms with Gasteiger partial charge in [0.15, 0.2) is 0 Å². The highest BCUT2D eigenvalue weighted by Crippen LogP contribution is 2.22. The van der Waals surface area contributed by atoms with Crippen molar-refractivity contribution in [3.05, 3.63) is 73.3 Å². The standard InChI is InChI=1S/C16H13N3O2S/c20-22(21,16-4-2-1-3-5-16)19-15-10-14(11-18-12-15)13-6-8-17-9-7-13/h1-12,19H. The van der Waals surface area contributed by atoms with Gasteiger partial charge in [0.25, 0.3) is 10.0 Å². The van der Waals surface area contributed by atoms with Crippen molar-refractivity contribution in [3.8, 4) is 11.1 Å². The van der Waals surface area contributed by atoms with Crippen LogP contribution in [0.25, 0.3) is 11.1 Å². The highest BCUT2D eigenvalue weighted by atomic mass is 32.2. The first kappa shape index (κ1) is 14.2. The van der Waals surface area contributed by atoms with Gasteiger partial charge in [-0.2, -0.15) is 0 Å². The van der Waals surface area contributed by atoms with Gasteiger partial charge in [-0.25, -0.2) is 8.42 Å². The van der Waals surface area contributed by atoms with Gasteiger partial charge in [-0.05, 0) is 35.9 Å². The second-order valence-electron chi connectivity index (χ2n) is 4.62. The topological polar surface area (TPSA) is 72.0 Å². The molecular weight excluding hydrogens is 298 g/mol. The third-order valence-corrected chi connectivity index (χ3v) is 4.45. The molecule has 0 aliphatic rings. The van der Waals surface area contributed by atoms with E-state index < -0.39 is 10.0 Å².